The molecule has 25 heavy (non-hydrogen) atoms. The molecule has 0 saturated carbocycles. The minimum Gasteiger partial charge on any atom is -0.496 e. The Hall–Kier alpha value is -2.74. The van der Waals surface area contributed by atoms with E-state index in [9.17, 15) is 0 Å². The summed E-state index contributed by atoms with van der Waals surface area (Å²) >= 11 is 0. The third-order valence-electron chi connectivity index (χ3n) is 5.73. The molecule has 2 nitrogen and oxygen atoms in total. The van der Waals surface area contributed by atoms with E-state index in [2.05, 4.69) is 78.1 Å². The van der Waals surface area contributed by atoms with E-state index in [1.807, 2.05) is 0 Å². The number of para-hydroxylation sites is 1. The predicted molar refractivity (Wildman–Crippen MR) is 103 cm³/mol. The van der Waals surface area contributed by atoms with Crippen molar-refractivity contribution < 1.29 is 4.74 Å². The van der Waals surface area contributed by atoms with Gasteiger partial charge in [0, 0.05) is 17.2 Å². The monoisotopic (exact) mass is 327 g/mol. The molecule has 124 valence electrons. The van der Waals surface area contributed by atoms with E-state index in [0.29, 0.717) is 11.8 Å². The van der Waals surface area contributed by atoms with E-state index in [4.69, 9.17) is 4.74 Å². The number of nitrogens with one attached hydrogen (secondary N) is 1. The van der Waals surface area contributed by atoms with Gasteiger partial charge in [-0.15, -0.1) is 0 Å². The molecule has 3 aromatic carbocycles. The van der Waals surface area contributed by atoms with Crippen molar-refractivity contribution in [1.82, 2.24) is 0 Å². The highest BCUT2D eigenvalue weighted by Crippen LogP contribution is 2.52. The van der Waals surface area contributed by atoms with E-state index in [1.165, 1.54) is 27.6 Å². The van der Waals surface area contributed by atoms with E-state index >= 15 is 0 Å². The fourth-order valence-electron chi connectivity index (χ4n) is 4.60. The summed E-state index contributed by atoms with van der Waals surface area (Å²) in [6.07, 6.45) is 5.82. The van der Waals surface area contributed by atoms with Gasteiger partial charge >= 0.3 is 0 Å². The van der Waals surface area contributed by atoms with Gasteiger partial charge in [-0.25, -0.2) is 0 Å². The van der Waals surface area contributed by atoms with Gasteiger partial charge in [0.15, 0.2) is 0 Å². The predicted octanol–water partition coefficient (Wildman–Crippen LogP) is 5.67. The maximum atomic E-state index is 5.78. The molecule has 5 rings (SSSR count). The number of anilines is 1. The Labute approximate surface area is 148 Å². The number of methoxy groups -OCH3 is 1. The lowest BCUT2D eigenvalue weighted by Gasteiger charge is -2.38. The van der Waals surface area contributed by atoms with Crippen molar-refractivity contribution in [3.8, 4) is 5.75 Å². The minimum atomic E-state index is 0.246. The number of ether oxygens (including phenoxy) is 1. The van der Waals surface area contributed by atoms with Crippen LogP contribution in [-0.4, -0.2) is 7.11 Å². The van der Waals surface area contributed by atoms with Gasteiger partial charge in [0.05, 0.1) is 13.2 Å². The van der Waals surface area contributed by atoms with E-state index in [1.54, 1.807) is 7.11 Å². The van der Waals surface area contributed by atoms with Crippen molar-refractivity contribution >= 4 is 16.5 Å². The van der Waals surface area contributed by atoms with E-state index in [-0.39, 0.29) is 6.04 Å². The van der Waals surface area contributed by atoms with Gasteiger partial charge in [-0.3, -0.25) is 0 Å². The molecule has 0 spiro atoms. The summed E-state index contributed by atoms with van der Waals surface area (Å²) in [7, 11) is 1.77. The van der Waals surface area contributed by atoms with Gasteiger partial charge in [-0.2, -0.15) is 0 Å². The maximum absolute atomic E-state index is 5.78. The molecular weight excluding hydrogens is 306 g/mol. The first-order valence-corrected chi connectivity index (χ1v) is 8.94. The van der Waals surface area contributed by atoms with Crippen LogP contribution in [0.2, 0.25) is 0 Å². The summed E-state index contributed by atoms with van der Waals surface area (Å²) in [4.78, 5) is 0. The zero-order valence-electron chi connectivity index (χ0n) is 14.3. The molecule has 0 amide bonds. The number of fused-ring (bicyclic) bond motifs is 4. The highest BCUT2D eigenvalue weighted by Gasteiger charge is 2.39. The highest BCUT2D eigenvalue weighted by molar-refractivity contribution is 5.89. The Morgan fingerprint density at radius 1 is 0.960 bits per heavy atom. The van der Waals surface area contributed by atoms with Crippen molar-refractivity contribution in [2.24, 2.45) is 5.92 Å². The van der Waals surface area contributed by atoms with Gasteiger partial charge in [0.1, 0.15) is 5.75 Å². The molecule has 0 aromatic heterocycles. The van der Waals surface area contributed by atoms with Crippen LogP contribution in [0.25, 0.3) is 10.8 Å². The van der Waals surface area contributed by atoms with Gasteiger partial charge < -0.3 is 10.1 Å². The second-order valence-electron chi connectivity index (χ2n) is 6.97. The molecule has 0 fully saturated rings. The molecular formula is C23H21NO. The third kappa shape index (κ3) is 2.17. The fourth-order valence-corrected chi connectivity index (χ4v) is 4.60. The molecule has 1 aliphatic carbocycles. The van der Waals surface area contributed by atoms with Crippen molar-refractivity contribution in [2.75, 3.05) is 12.4 Å². The quantitative estimate of drug-likeness (QED) is 0.612. The number of hydrogen-bond donors (Lipinski definition) is 1. The molecule has 3 aromatic rings. The lowest BCUT2D eigenvalue weighted by molar-refractivity contribution is 0.383. The molecule has 1 heterocycles. The van der Waals surface area contributed by atoms with Crippen LogP contribution >= 0.6 is 0 Å². The minimum absolute atomic E-state index is 0.246. The Bertz CT molecular complexity index is 975. The van der Waals surface area contributed by atoms with Gasteiger partial charge in [-0.1, -0.05) is 60.7 Å². The van der Waals surface area contributed by atoms with E-state index < -0.39 is 0 Å². The summed E-state index contributed by atoms with van der Waals surface area (Å²) in [5.41, 5.74) is 3.95. The van der Waals surface area contributed by atoms with Crippen LogP contribution in [0.4, 0.5) is 5.69 Å². The van der Waals surface area contributed by atoms with Gasteiger partial charge in [0.2, 0.25) is 0 Å². The standard InChI is InChI=1S/C23H21NO/c1-25-21-14-13-15-7-2-3-8-16(15)22(21)23-19-11-6-10-17(19)18-9-4-5-12-20(18)24-23/h2-10,12-14,17,19,23-24H,11H2,1H3. The van der Waals surface area contributed by atoms with Crippen LogP contribution in [0.15, 0.2) is 72.8 Å². The molecule has 2 heteroatoms. The van der Waals surface area contributed by atoms with E-state index in [0.717, 1.165) is 12.2 Å². The van der Waals surface area contributed by atoms with Crippen LogP contribution < -0.4 is 10.1 Å². The summed E-state index contributed by atoms with van der Waals surface area (Å²) < 4.78 is 5.78. The first kappa shape index (κ1) is 14.6. The van der Waals surface area contributed by atoms with Crippen LogP contribution in [0.3, 0.4) is 0 Å². The smallest absolute Gasteiger partial charge is 0.124 e. The summed E-state index contributed by atoms with van der Waals surface area (Å²) in [6.45, 7) is 0. The molecule has 1 N–H and O–H groups in total. The second-order valence-corrected chi connectivity index (χ2v) is 6.97. The molecule has 3 unspecified atom stereocenters. The number of hydrogen-bond acceptors (Lipinski definition) is 2. The van der Waals surface area contributed by atoms with Crippen LogP contribution in [-0.2, 0) is 0 Å². The molecule has 0 radical (unpaired) electrons. The Morgan fingerprint density at radius 3 is 2.72 bits per heavy atom. The topological polar surface area (TPSA) is 21.3 Å². The first-order valence-electron chi connectivity index (χ1n) is 8.94. The summed E-state index contributed by atoms with van der Waals surface area (Å²) in [5, 5.41) is 6.38. The van der Waals surface area contributed by atoms with Gasteiger partial charge in [0.25, 0.3) is 0 Å². The van der Waals surface area contributed by atoms with Crippen molar-refractivity contribution in [2.45, 2.75) is 18.4 Å². The van der Waals surface area contributed by atoms with Crippen LogP contribution in [0.5, 0.6) is 5.75 Å². The van der Waals surface area contributed by atoms with Crippen molar-refractivity contribution in [1.29, 1.82) is 0 Å². The van der Waals surface area contributed by atoms with Crippen molar-refractivity contribution in [3.63, 3.8) is 0 Å². The molecule has 1 aliphatic heterocycles. The zero-order valence-corrected chi connectivity index (χ0v) is 14.3. The zero-order chi connectivity index (χ0) is 16.8. The largest absolute Gasteiger partial charge is 0.496 e. The lowest BCUT2D eigenvalue weighted by atomic mass is 9.76. The average Bonchev–Trinajstić information content (AvgIpc) is 3.17. The third-order valence-corrected chi connectivity index (χ3v) is 5.73. The number of benzene rings is 3. The average molecular weight is 327 g/mol. The Morgan fingerprint density at radius 2 is 1.80 bits per heavy atom. The van der Waals surface area contributed by atoms with Crippen LogP contribution in [0, 0.1) is 5.92 Å². The maximum Gasteiger partial charge on any atom is 0.124 e. The van der Waals surface area contributed by atoms with Crippen molar-refractivity contribution in [3.05, 3.63) is 83.9 Å². The number of allylic oxidation sites excluding steroid dienone is 2. The molecule has 0 bridgehead atoms. The second kappa shape index (κ2) is 5.66. The highest BCUT2D eigenvalue weighted by atomic mass is 16.5. The van der Waals surface area contributed by atoms with Gasteiger partial charge in [-0.05, 0) is 40.8 Å². The Kier molecular flexibility index (Phi) is 3.30. The summed E-state index contributed by atoms with van der Waals surface area (Å²) in [5.74, 6) is 1.97. The number of rotatable bonds is 2. The molecule has 0 saturated heterocycles. The molecule has 2 aliphatic rings. The normalized spacial score (nSPS) is 23.8. The SMILES string of the molecule is COc1ccc2ccccc2c1C1Nc2ccccc2C2C=CCC21. The first-order chi connectivity index (χ1) is 12.4. The molecule has 3 atom stereocenters. The van der Waals surface area contributed by atoms with Crippen LogP contribution in [0.1, 0.15) is 29.5 Å². The Balaban J connectivity index is 1.73. The lowest BCUT2D eigenvalue weighted by Crippen LogP contribution is -2.29. The fraction of sp³-hybridized carbons (Fsp3) is 0.217. The summed E-state index contributed by atoms with van der Waals surface area (Å²) in [6, 6.07) is 21.8.